The fourth-order valence-corrected chi connectivity index (χ4v) is 2.57. The number of hydrogen-bond donors (Lipinski definition) is 1. The highest BCUT2D eigenvalue weighted by atomic mass is 16.5. The predicted molar refractivity (Wildman–Crippen MR) is 86.2 cm³/mol. The molecule has 2 aromatic carbocycles. The molecular formula is C17H24N2O. The summed E-state index contributed by atoms with van der Waals surface area (Å²) in [6, 6.07) is 12.8. The Balaban J connectivity index is 2.37. The first-order valence-electron chi connectivity index (χ1n) is 7.35. The fourth-order valence-electron chi connectivity index (χ4n) is 2.57. The molecule has 2 rings (SSSR count). The topological polar surface area (TPSA) is 38.5 Å². The summed E-state index contributed by atoms with van der Waals surface area (Å²) in [4.78, 5) is 2.36. The smallest absolute Gasteiger partial charge is 0.0641 e. The second kappa shape index (κ2) is 7.27. The number of likely N-dealkylation sites (N-methyl/N-ethyl adjacent to an activating group) is 1. The van der Waals surface area contributed by atoms with Gasteiger partial charge in [0.15, 0.2) is 0 Å². The molecule has 0 atom stereocenters. The van der Waals surface area contributed by atoms with Crippen LogP contribution in [0, 0.1) is 0 Å². The molecule has 0 saturated heterocycles. The number of hydrogen-bond acceptors (Lipinski definition) is 3. The van der Waals surface area contributed by atoms with Crippen molar-refractivity contribution in [2.45, 2.75) is 20.4 Å². The van der Waals surface area contributed by atoms with Gasteiger partial charge in [-0.3, -0.25) is 0 Å². The summed E-state index contributed by atoms with van der Waals surface area (Å²) in [7, 11) is 0. The summed E-state index contributed by atoms with van der Waals surface area (Å²) in [5, 5.41) is 2.52. The molecule has 0 aliphatic carbocycles. The average molecular weight is 272 g/mol. The van der Waals surface area contributed by atoms with Crippen LogP contribution >= 0.6 is 0 Å². The van der Waals surface area contributed by atoms with Crippen LogP contribution in [0.3, 0.4) is 0 Å². The van der Waals surface area contributed by atoms with Crippen molar-refractivity contribution >= 4 is 16.5 Å². The minimum absolute atomic E-state index is 0.575. The van der Waals surface area contributed by atoms with Gasteiger partial charge in [0.2, 0.25) is 0 Å². The van der Waals surface area contributed by atoms with E-state index >= 15 is 0 Å². The third-order valence-corrected chi connectivity index (χ3v) is 3.64. The minimum Gasteiger partial charge on any atom is -0.380 e. The molecule has 0 amide bonds. The number of nitrogens with zero attached hydrogens (tertiary/aromatic N) is 1. The van der Waals surface area contributed by atoms with Crippen LogP contribution in [0.5, 0.6) is 0 Å². The lowest BCUT2D eigenvalue weighted by atomic mass is 10.0. The SMILES string of the molecule is CCOCCN(CC)c1ccc(CN)c2ccccc12. The molecule has 0 bridgehead atoms. The quantitative estimate of drug-likeness (QED) is 0.787. The van der Waals surface area contributed by atoms with Crippen molar-refractivity contribution in [3.8, 4) is 0 Å². The third-order valence-electron chi connectivity index (χ3n) is 3.64. The van der Waals surface area contributed by atoms with Gasteiger partial charge in [0.25, 0.3) is 0 Å². The van der Waals surface area contributed by atoms with Gasteiger partial charge in [-0.2, -0.15) is 0 Å². The van der Waals surface area contributed by atoms with Crippen LogP contribution < -0.4 is 10.6 Å². The zero-order valence-corrected chi connectivity index (χ0v) is 12.4. The Morgan fingerprint density at radius 2 is 1.80 bits per heavy atom. The molecule has 0 aliphatic heterocycles. The molecular weight excluding hydrogens is 248 g/mol. The largest absolute Gasteiger partial charge is 0.380 e. The van der Waals surface area contributed by atoms with E-state index in [2.05, 4.69) is 48.2 Å². The third kappa shape index (κ3) is 3.11. The van der Waals surface area contributed by atoms with Crippen LogP contribution in [0.25, 0.3) is 10.8 Å². The lowest BCUT2D eigenvalue weighted by Crippen LogP contribution is -2.27. The Bertz CT molecular complexity index is 554. The Morgan fingerprint density at radius 3 is 2.45 bits per heavy atom. The molecule has 0 radical (unpaired) electrons. The van der Waals surface area contributed by atoms with E-state index in [0.29, 0.717) is 6.54 Å². The summed E-state index contributed by atoms with van der Waals surface area (Å²) < 4.78 is 5.48. The van der Waals surface area contributed by atoms with Crippen LogP contribution in [0.2, 0.25) is 0 Å². The van der Waals surface area contributed by atoms with Gasteiger partial charge < -0.3 is 15.4 Å². The van der Waals surface area contributed by atoms with Gasteiger partial charge in [-0.15, -0.1) is 0 Å². The van der Waals surface area contributed by atoms with Crippen molar-refractivity contribution in [1.29, 1.82) is 0 Å². The van der Waals surface area contributed by atoms with Crippen LogP contribution in [0.4, 0.5) is 5.69 Å². The van der Waals surface area contributed by atoms with E-state index in [0.717, 1.165) is 26.3 Å². The number of benzene rings is 2. The molecule has 0 fully saturated rings. The highest BCUT2D eigenvalue weighted by molar-refractivity contribution is 5.96. The second-order valence-corrected chi connectivity index (χ2v) is 4.77. The van der Waals surface area contributed by atoms with Crippen molar-refractivity contribution in [1.82, 2.24) is 0 Å². The van der Waals surface area contributed by atoms with Gasteiger partial charge in [0.05, 0.1) is 6.61 Å². The van der Waals surface area contributed by atoms with E-state index in [9.17, 15) is 0 Å². The van der Waals surface area contributed by atoms with Gasteiger partial charge in [0.1, 0.15) is 0 Å². The zero-order valence-electron chi connectivity index (χ0n) is 12.4. The van der Waals surface area contributed by atoms with Crippen molar-refractivity contribution < 1.29 is 4.74 Å². The van der Waals surface area contributed by atoms with Crippen LogP contribution in [-0.4, -0.2) is 26.3 Å². The standard InChI is InChI=1S/C17H24N2O/c1-3-19(11-12-20-4-2)17-10-9-14(13-18)15-7-5-6-8-16(15)17/h5-10H,3-4,11-13,18H2,1-2H3. The average Bonchev–Trinajstić information content (AvgIpc) is 2.51. The van der Waals surface area contributed by atoms with Crippen LogP contribution in [0.1, 0.15) is 19.4 Å². The monoisotopic (exact) mass is 272 g/mol. The van der Waals surface area contributed by atoms with Crippen molar-refractivity contribution in [2.24, 2.45) is 5.73 Å². The molecule has 3 heteroatoms. The fraction of sp³-hybridized carbons (Fsp3) is 0.412. The molecule has 0 unspecified atom stereocenters. The van der Waals surface area contributed by atoms with Gasteiger partial charge in [-0.1, -0.05) is 30.3 Å². The van der Waals surface area contributed by atoms with E-state index in [1.165, 1.54) is 22.0 Å². The first-order chi connectivity index (χ1) is 9.81. The Morgan fingerprint density at radius 1 is 1.05 bits per heavy atom. The lowest BCUT2D eigenvalue weighted by molar-refractivity contribution is 0.154. The zero-order chi connectivity index (χ0) is 14.4. The highest BCUT2D eigenvalue weighted by Crippen LogP contribution is 2.29. The van der Waals surface area contributed by atoms with Crippen LogP contribution in [-0.2, 0) is 11.3 Å². The predicted octanol–water partition coefficient (Wildman–Crippen LogP) is 3.16. The second-order valence-electron chi connectivity index (χ2n) is 4.77. The molecule has 0 spiro atoms. The number of fused-ring (bicyclic) bond motifs is 1. The maximum Gasteiger partial charge on any atom is 0.0641 e. The van der Waals surface area contributed by atoms with E-state index < -0.39 is 0 Å². The van der Waals surface area contributed by atoms with Gasteiger partial charge in [0, 0.05) is 37.3 Å². The first kappa shape index (κ1) is 14.8. The van der Waals surface area contributed by atoms with Gasteiger partial charge in [-0.05, 0) is 30.9 Å². The summed E-state index contributed by atoms with van der Waals surface area (Å²) in [5.41, 5.74) is 8.30. The Hall–Kier alpha value is -1.58. The van der Waals surface area contributed by atoms with Gasteiger partial charge in [-0.25, -0.2) is 0 Å². The summed E-state index contributed by atoms with van der Waals surface area (Å²) >= 11 is 0. The van der Waals surface area contributed by atoms with Crippen LogP contribution in [0.15, 0.2) is 36.4 Å². The number of rotatable bonds is 7. The van der Waals surface area contributed by atoms with E-state index in [1.54, 1.807) is 0 Å². The molecule has 0 aromatic heterocycles. The normalized spacial score (nSPS) is 10.9. The molecule has 3 nitrogen and oxygen atoms in total. The summed E-state index contributed by atoms with van der Waals surface area (Å²) in [5.74, 6) is 0. The lowest BCUT2D eigenvalue weighted by Gasteiger charge is -2.25. The number of nitrogens with two attached hydrogens (primary N) is 1. The van der Waals surface area contributed by atoms with E-state index in [4.69, 9.17) is 10.5 Å². The number of ether oxygens (including phenoxy) is 1. The first-order valence-corrected chi connectivity index (χ1v) is 7.35. The molecule has 2 aromatic rings. The highest BCUT2D eigenvalue weighted by Gasteiger charge is 2.10. The summed E-state index contributed by atoms with van der Waals surface area (Å²) in [6.45, 7) is 8.20. The molecule has 0 saturated carbocycles. The maximum atomic E-state index is 5.84. The molecule has 0 aliphatic rings. The van der Waals surface area contributed by atoms with Crippen molar-refractivity contribution in [2.75, 3.05) is 31.2 Å². The number of anilines is 1. The van der Waals surface area contributed by atoms with Gasteiger partial charge >= 0.3 is 0 Å². The minimum atomic E-state index is 0.575. The van der Waals surface area contributed by atoms with E-state index in [-0.39, 0.29) is 0 Å². The Labute approximate surface area is 121 Å². The van der Waals surface area contributed by atoms with Crippen molar-refractivity contribution in [3.63, 3.8) is 0 Å². The maximum absolute atomic E-state index is 5.84. The Kier molecular flexibility index (Phi) is 5.39. The molecule has 20 heavy (non-hydrogen) atoms. The van der Waals surface area contributed by atoms with Crippen molar-refractivity contribution in [3.05, 3.63) is 42.0 Å². The molecule has 108 valence electrons. The molecule has 0 heterocycles. The molecule has 2 N–H and O–H groups in total. The van der Waals surface area contributed by atoms with E-state index in [1.807, 2.05) is 6.92 Å². The summed E-state index contributed by atoms with van der Waals surface area (Å²) in [6.07, 6.45) is 0.